The summed E-state index contributed by atoms with van der Waals surface area (Å²) in [4.78, 5) is 11.2. The van der Waals surface area contributed by atoms with E-state index in [-0.39, 0.29) is 10.6 Å². The van der Waals surface area contributed by atoms with E-state index < -0.39 is 5.97 Å². The Labute approximate surface area is 104 Å². The summed E-state index contributed by atoms with van der Waals surface area (Å²) < 4.78 is 4.57. The molecule has 0 heterocycles. The highest BCUT2D eigenvalue weighted by Gasteiger charge is 2.04. The molecule has 5 heteroatoms. The number of rotatable bonds is 3. The lowest BCUT2D eigenvalue weighted by Gasteiger charge is -2.00. The number of esters is 1. The van der Waals surface area contributed by atoms with Crippen LogP contribution in [-0.2, 0) is 4.74 Å². The normalized spacial score (nSPS) is 10.5. The first-order chi connectivity index (χ1) is 8.08. The van der Waals surface area contributed by atoms with E-state index in [0.717, 1.165) is 5.56 Å². The average molecular weight is 246 g/mol. The lowest BCUT2D eigenvalue weighted by Crippen LogP contribution is -2.09. The largest absolute Gasteiger partial charge is 0.465 e. The maximum Gasteiger partial charge on any atom is 0.337 e. The Bertz CT molecular complexity index is 512. The van der Waals surface area contributed by atoms with Crippen molar-refractivity contribution in [2.24, 2.45) is 5.73 Å². The molecule has 0 radical (unpaired) electrons. The van der Waals surface area contributed by atoms with Gasteiger partial charge in [0.25, 0.3) is 0 Å². The van der Waals surface area contributed by atoms with Gasteiger partial charge < -0.3 is 10.5 Å². The Morgan fingerprint density at radius 1 is 1.47 bits per heavy atom. The monoisotopic (exact) mass is 246 g/mol. The Balaban J connectivity index is 3.00. The number of hydrogen-bond acceptors (Lipinski definition) is 4. The first-order valence-corrected chi connectivity index (χ1v) is 5.09. The first kappa shape index (κ1) is 12.9. The molecule has 0 atom stereocenters. The quantitative estimate of drug-likeness (QED) is 0.380. The molecule has 1 aromatic rings. The number of hydrogen-bond donors (Lipinski definition) is 1. The van der Waals surface area contributed by atoms with Gasteiger partial charge in [0.05, 0.1) is 18.2 Å². The molecule has 0 spiro atoms. The summed E-state index contributed by atoms with van der Waals surface area (Å²) in [6.45, 7) is 0. The molecule has 86 valence electrons. The fraction of sp³-hybridized carbons (Fsp3) is 0.0833. The Hall–Kier alpha value is -2.19. The summed E-state index contributed by atoms with van der Waals surface area (Å²) >= 11 is 4.71. The zero-order chi connectivity index (χ0) is 12.8. The van der Waals surface area contributed by atoms with E-state index in [1.165, 1.54) is 7.11 Å². The van der Waals surface area contributed by atoms with E-state index in [1.807, 2.05) is 6.07 Å². The molecule has 1 rings (SSSR count). The lowest BCUT2D eigenvalue weighted by molar-refractivity contribution is 0.0601. The average Bonchev–Trinajstić information content (AvgIpc) is 2.35. The molecule has 0 aromatic heterocycles. The van der Waals surface area contributed by atoms with Gasteiger partial charge in [0.2, 0.25) is 0 Å². The second-order valence-electron chi connectivity index (χ2n) is 3.15. The van der Waals surface area contributed by atoms with E-state index in [1.54, 1.807) is 30.3 Å². The van der Waals surface area contributed by atoms with Crippen LogP contribution < -0.4 is 5.73 Å². The van der Waals surface area contributed by atoms with Gasteiger partial charge in [0.1, 0.15) is 11.1 Å². The number of ether oxygens (including phenoxy) is 1. The minimum atomic E-state index is -0.407. The highest BCUT2D eigenvalue weighted by molar-refractivity contribution is 7.80. The number of nitriles is 1. The summed E-state index contributed by atoms with van der Waals surface area (Å²) in [6.07, 6.45) is 1.56. The van der Waals surface area contributed by atoms with E-state index in [2.05, 4.69) is 4.74 Å². The van der Waals surface area contributed by atoms with Crippen LogP contribution in [0.3, 0.4) is 0 Å². The topological polar surface area (TPSA) is 76.1 Å². The second kappa shape index (κ2) is 5.77. The van der Waals surface area contributed by atoms with Crippen molar-refractivity contribution in [3.63, 3.8) is 0 Å². The maximum absolute atomic E-state index is 11.2. The lowest BCUT2D eigenvalue weighted by atomic mass is 10.1. The summed E-state index contributed by atoms with van der Waals surface area (Å²) in [5.74, 6) is -0.407. The smallest absolute Gasteiger partial charge is 0.337 e. The molecule has 0 aliphatic rings. The molecule has 1 aromatic carbocycles. The third-order valence-corrected chi connectivity index (χ3v) is 2.25. The fourth-order valence-electron chi connectivity index (χ4n) is 1.16. The van der Waals surface area contributed by atoms with Crippen LogP contribution in [-0.4, -0.2) is 18.1 Å². The van der Waals surface area contributed by atoms with Crippen molar-refractivity contribution in [3.05, 3.63) is 41.0 Å². The van der Waals surface area contributed by atoms with Gasteiger partial charge in [-0.3, -0.25) is 0 Å². The Morgan fingerprint density at radius 3 is 2.47 bits per heavy atom. The van der Waals surface area contributed by atoms with Gasteiger partial charge in [-0.1, -0.05) is 24.4 Å². The SMILES string of the molecule is COC(=O)c1ccc(/C=C(\C#N)C(N)=S)cc1. The molecule has 0 saturated heterocycles. The van der Waals surface area contributed by atoms with Crippen molar-refractivity contribution >= 4 is 29.3 Å². The molecular weight excluding hydrogens is 236 g/mol. The van der Waals surface area contributed by atoms with Crippen molar-refractivity contribution in [1.82, 2.24) is 0 Å². The van der Waals surface area contributed by atoms with Crippen molar-refractivity contribution in [2.45, 2.75) is 0 Å². The number of thiocarbonyl (C=S) groups is 1. The first-order valence-electron chi connectivity index (χ1n) is 4.68. The van der Waals surface area contributed by atoms with Gasteiger partial charge in [-0.25, -0.2) is 4.79 Å². The third kappa shape index (κ3) is 3.40. The standard InChI is InChI=1S/C12H10N2O2S/c1-16-12(15)9-4-2-8(3-5-9)6-10(7-13)11(14)17/h2-6H,1H3,(H2,14,17)/b10-6+. The van der Waals surface area contributed by atoms with Crippen molar-refractivity contribution in [3.8, 4) is 6.07 Å². The van der Waals surface area contributed by atoms with Crippen LogP contribution in [0.25, 0.3) is 6.08 Å². The molecule has 0 fully saturated rings. The highest BCUT2D eigenvalue weighted by Crippen LogP contribution is 2.10. The van der Waals surface area contributed by atoms with Gasteiger partial charge in [-0.15, -0.1) is 0 Å². The van der Waals surface area contributed by atoms with Gasteiger partial charge in [0.15, 0.2) is 0 Å². The van der Waals surface area contributed by atoms with Crippen molar-refractivity contribution in [1.29, 1.82) is 5.26 Å². The summed E-state index contributed by atoms with van der Waals surface area (Å²) in [7, 11) is 1.32. The van der Waals surface area contributed by atoms with Crippen LogP contribution in [0.5, 0.6) is 0 Å². The van der Waals surface area contributed by atoms with Crippen LogP contribution in [0, 0.1) is 11.3 Å². The second-order valence-corrected chi connectivity index (χ2v) is 3.59. The van der Waals surface area contributed by atoms with E-state index >= 15 is 0 Å². The fourth-order valence-corrected chi connectivity index (χ4v) is 1.26. The zero-order valence-electron chi connectivity index (χ0n) is 9.14. The molecule has 0 saturated carbocycles. The minimum absolute atomic E-state index is 0.0459. The molecule has 0 aliphatic heterocycles. The van der Waals surface area contributed by atoms with Gasteiger partial charge in [0, 0.05) is 0 Å². The highest BCUT2D eigenvalue weighted by atomic mass is 32.1. The van der Waals surface area contributed by atoms with Gasteiger partial charge in [-0.05, 0) is 23.8 Å². The van der Waals surface area contributed by atoms with Crippen molar-refractivity contribution in [2.75, 3.05) is 7.11 Å². The number of methoxy groups -OCH3 is 1. The van der Waals surface area contributed by atoms with Gasteiger partial charge in [-0.2, -0.15) is 5.26 Å². The van der Waals surface area contributed by atoms with Crippen LogP contribution in [0.15, 0.2) is 29.8 Å². The third-order valence-electron chi connectivity index (χ3n) is 2.03. The number of carbonyl (C=O) groups is 1. The molecule has 0 aliphatic carbocycles. The molecule has 0 bridgehead atoms. The maximum atomic E-state index is 11.2. The minimum Gasteiger partial charge on any atom is -0.465 e. The molecule has 2 N–H and O–H groups in total. The van der Waals surface area contributed by atoms with E-state index in [9.17, 15) is 4.79 Å². The molecule has 17 heavy (non-hydrogen) atoms. The van der Waals surface area contributed by atoms with Gasteiger partial charge >= 0.3 is 5.97 Å². The van der Waals surface area contributed by atoms with E-state index in [4.69, 9.17) is 23.2 Å². The Kier molecular flexibility index (Phi) is 4.37. The van der Waals surface area contributed by atoms with Crippen LogP contribution >= 0.6 is 12.2 Å². The number of benzene rings is 1. The zero-order valence-corrected chi connectivity index (χ0v) is 9.95. The molecule has 4 nitrogen and oxygen atoms in total. The predicted octanol–water partition coefficient (Wildman–Crippen LogP) is 1.67. The van der Waals surface area contributed by atoms with E-state index in [0.29, 0.717) is 5.56 Å². The molecular formula is C12H10N2O2S. The Morgan fingerprint density at radius 2 is 2.06 bits per heavy atom. The summed E-state index contributed by atoms with van der Waals surface area (Å²) in [5, 5.41) is 8.78. The summed E-state index contributed by atoms with van der Waals surface area (Å²) in [6, 6.07) is 8.47. The molecule has 0 amide bonds. The van der Waals surface area contributed by atoms with Crippen molar-refractivity contribution < 1.29 is 9.53 Å². The summed E-state index contributed by atoms with van der Waals surface area (Å²) in [5.41, 5.74) is 6.77. The number of carbonyl (C=O) groups excluding carboxylic acids is 1. The number of nitrogens with zero attached hydrogens (tertiary/aromatic N) is 1. The van der Waals surface area contributed by atoms with Crippen LogP contribution in [0.1, 0.15) is 15.9 Å². The predicted molar refractivity (Wildman–Crippen MR) is 68.2 cm³/mol. The van der Waals surface area contributed by atoms with Crippen LogP contribution in [0.4, 0.5) is 0 Å². The molecule has 0 unspecified atom stereocenters. The number of nitrogens with two attached hydrogens (primary N) is 1. The van der Waals surface area contributed by atoms with Crippen LogP contribution in [0.2, 0.25) is 0 Å².